The van der Waals surface area contributed by atoms with E-state index in [0.717, 1.165) is 0 Å². The molecule has 0 unspecified atom stereocenters. The molecule has 1 rings (SSSR count). The Morgan fingerprint density at radius 3 is 2.85 bits per heavy atom. The topological polar surface area (TPSA) is 26.0 Å². The number of nitrogens with two attached hydrogens (primary N) is 1. The van der Waals surface area contributed by atoms with Gasteiger partial charge in [0.15, 0.2) is 0 Å². The van der Waals surface area contributed by atoms with Gasteiger partial charge in [-0.1, -0.05) is 5.92 Å². The molecule has 1 aromatic rings. The molecular formula is C9H7FINS. The van der Waals surface area contributed by atoms with Gasteiger partial charge in [-0.15, -0.1) is 0 Å². The standard InChI is InChI=1S/C9H7FINS/c1-6-4-9(12)7(2-3-13-11)5-8(6)10/h4-5H,12H2,1H3. The number of benzene rings is 1. The van der Waals surface area contributed by atoms with Crippen molar-refractivity contribution in [3.05, 3.63) is 29.1 Å². The minimum atomic E-state index is -0.267. The summed E-state index contributed by atoms with van der Waals surface area (Å²) in [7, 11) is 1.35. The van der Waals surface area contributed by atoms with E-state index in [9.17, 15) is 4.39 Å². The Bertz CT molecular complexity index is 381. The van der Waals surface area contributed by atoms with Gasteiger partial charge in [-0.3, -0.25) is 0 Å². The SMILES string of the molecule is Cc1cc(N)c(C#CSI)cc1F. The maximum atomic E-state index is 13.1. The summed E-state index contributed by atoms with van der Waals surface area (Å²) in [5, 5.41) is 2.76. The lowest BCUT2D eigenvalue weighted by Crippen LogP contribution is -1.93. The fourth-order valence-corrected chi connectivity index (χ4v) is 1.37. The first kappa shape index (κ1) is 10.7. The van der Waals surface area contributed by atoms with E-state index in [2.05, 4.69) is 11.2 Å². The molecule has 0 aliphatic heterocycles. The lowest BCUT2D eigenvalue weighted by atomic mass is 10.1. The highest BCUT2D eigenvalue weighted by Gasteiger charge is 2.01. The van der Waals surface area contributed by atoms with Crippen LogP contribution < -0.4 is 5.73 Å². The quantitative estimate of drug-likeness (QED) is 0.453. The van der Waals surface area contributed by atoms with Crippen LogP contribution in [0.15, 0.2) is 12.1 Å². The summed E-state index contributed by atoms with van der Waals surface area (Å²) in [6.07, 6.45) is 0. The van der Waals surface area contributed by atoms with Crippen molar-refractivity contribution in [2.45, 2.75) is 6.92 Å². The minimum absolute atomic E-state index is 0.267. The highest BCUT2D eigenvalue weighted by atomic mass is 127. The Kier molecular flexibility index (Phi) is 3.88. The average molecular weight is 307 g/mol. The first-order chi connectivity index (χ1) is 6.15. The largest absolute Gasteiger partial charge is 0.398 e. The molecule has 0 amide bonds. The number of hydrogen-bond acceptors (Lipinski definition) is 2. The van der Waals surface area contributed by atoms with Crippen LogP contribution in [0.2, 0.25) is 0 Å². The van der Waals surface area contributed by atoms with E-state index in [0.29, 0.717) is 16.8 Å². The van der Waals surface area contributed by atoms with Gasteiger partial charge in [0.25, 0.3) is 0 Å². The van der Waals surface area contributed by atoms with Gasteiger partial charge in [-0.25, -0.2) is 4.39 Å². The van der Waals surface area contributed by atoms with Crippen LogP contribution in [-0.4, -0.2) is 0 Å². The molecule has 13 heavy (non-hydrogen) atoms. The van der Waals surface area contributed by atoms with Crippen molar-refractivity contribution in [2.24, 2.45) is 0 Å². The van der Waals surface area contributed by atoms with E-state index in [1.807, 2.05) is 21.2 Å². The van der Waals surface area contributed by atoms with Crippen LogP contribution in [0.4, 0.5) is 10.1 Å². The van der Waals surface area contributed by atoms with Crippen LogP contribution in [0.1, 0.15) is 11.1 Å². The van der Waals surface area contributed by atoms with Crippen LogP contribution in [0.3, 0.4) is 0 Å². The van der Waals surface area contributed by atoms with Gasteiger partial charge in [0.1, 0.15) is 5.82 Å². The molecule has 4 heteroatoms. The van der Waals surface area contributed by atoms with Gasteiger partial charge in [0.2, 0.25) is 0 Å². The van der Waals surface area contributed by atoms with Crippen LogP contribution in [0.25, 0.3) is 0 Å². The average Bonchev–Trinajstić information content (AvgIpc) is 2.09. The first-order valence-electron chi connectivity index (χ1n) is 3.49. The van der Waals surface area contributed by atoms with Gasteiger partial charge in [0.05, 0.1) is 5.56 Å². The van der Waals surface area contributed by atoms with E-state index < -0.39 is 0 Å². The molecule has 0 bridgehead atoms. The Labute approximate surface area is 92.9 Å². The van der Waals surface area contributed by atoms with E-state index in [1.165, 1.54) is 15.0 Å². The maximum absolute atomic E-state index is 13.1. The summed E-state index contributed by atoms with van der Waals surface area (Å²) in [6.45, 7) is 1.68. The van der Waals surface area contributed by atoms with E-state index >= 15 is 0 Å². The fraction of sp³-hybridized carbons (Fsp3) is 0.111. The Balaban J connectivity index is 3.16. The normalized spacial score (nSPS) is 9.15. The molecule has 2 N–H and O–H groups in total. The molecule has 0 saturated carbocycles. The van der Waals surface area contributed by atoms with Gasteiger partial charge in [-0.2, -0.15) is 0 Å². The summed E-state index contributed by atoms with van der Waals surface area (Å²) in [6, 6.07) is 2.96. The molecular weight excluding hydrogens is 300 g/mol. The van der Waals surface area contributed by atoms with Gasteiger partial charge in [-0.05, 0) is 38.8 Å². The summed E-state index contributed by atoms with van der Waals surface area (Å²) < 4.78 is 13.1. The van der Waals surface area contributed by atoms with Crippen molar-refractivity contribution in [3.8, 4) is 11.2 Å². The molecule has 0 spiro atoms. The lowest BCUT2D eigenvalue weighted by Gasteiger charge is -2.00. The zero-order valence-corrected chi connectivity index (χ0v) is 9.87. The van der Waals surface area contributed by atoms with Crippen LogP contribution in [0, 0.1) is 23.9 Å². The van der Waals surface area contributed by atoms with Crippen LogP contribution in [0.5, 0.6) is 0 Å². The molecule has 0 aromatic heterocycles. The Hall–Kier alpha value is -0.410. The van der Waals surface area contributed by atoms with Crippen molar-refractivity contribution < 1.29 is 4.39 Å². The highest BCUT2D eigenvalue weighted by molar-refractivity contribution is 14.2. The van der Waals surface area contributed by atoms with Crippen LogP contribution in [-0.2, 0) is 0 Å². The van der Waals surface area contributed by atoms with Crippen molar-refractivity contribution in [1.82, 2.24) is 0 Å². The maximum Gasteiger partial charge on any atom is 0.127 e. The highest BCUT2D eigenvalue weighted by Crippen LogP contribution is 2.17. The van der Waals surface area contributed by atoms with Crippen LogP contribution >= 0.6 is 30.1 Å². The number of aryl methyl sites for hydroxylation is 1. The number of hydrogen-bond donors (Lipinski definition) is 1. The third-order valence-electron chi connectivity index (χ3n) is 1.56. The van der Waals surface area contributed by atoms with E-state index in [-0.39, 0.29) is 5.82 Å². The summed E-state index contributed by atoms with van der Waals surface area (Å²) in [5.41, 5.74) is 7.27. The molecule has 0 heterocycles. The van der Waals surface area contributed by atoms with Crippen molar-refractivity contribution in [2.75, 3.05) is 5.73 Å². The molecule has 1 nitrogen and oxygen atoms in total. The second kappa shape index (κ2) is 4.72. The molecule has 68 valence electrons. The molecule has 0 saturated heterocycles. The number of nitrogen functional groups attached to an aromatic ring is 1. The zero-order valence-electron chi connectivity index (χ0n) is 6.90. The zero-order chi connectivity index (χ0) is 9.84. The predicted octanol–water partition coefficient (Wildman–Crippen LogP) is 3.11. The second-order valence-electron chi connectivity index (χ2n) is 2.49. The van der Waals surface area contributed by atoms with Gasteiger partial charge < -0.3 is 5.73 Å². The van der Waals surface area contributed by atoms with Crippen molar-refractivity contribution in [3.63, 3.8) is 0 Å². The fourth-order valence-electron chi connectivity index (χ4n) is 0.886. The molecule has 0 radical (unpaired) electrons. The Morgan fingerprint density at radius 1 is 1.54 bits per heavy atom. The molecule has 0 atom stereocenters. The van der Waals surface area contributed by atoms with E-state index in [4.69, 9.17) is 5.73 Å². The second-order valence-corrected chi connectivity index (χ2v) is 4.17. The third kappa shape index (κ3) is 2.78. The monoisotopic (exact) mass is 307 g/mol. The first-order valence-corrected chi connectivity index (χ1v) is 6.85. The summed E-state index contributed by atoms with van der Waals surface area (Å²) >= 11 is 2.05. The van der Waals surface area contributed by atoms with Crippen molar-refractivity contribution in [1.29, 1.82) is 0 Å². The molecule has 0 fully saturated rings. The lowest BCUT2D eigenvalue weighted by molar-refractivity contribution is 0.618. The van der Waals surface area contributed by atoms with Gasteiger partial charge >= 0.3 is 0 Å². The number of rotatable bonds is 0. The van der Waals surface area contributed by atoms with Crippen molar-refractivity contribution >= 4 is 35.8 Å². The molecule has 1 aromatic carbocycles. The van der Waals surface area contributed by atoms with Gasteiger partial charge in [0, 0.05) is 26.9 Å². The summed E-state index contributed by atoms with van der Waals surface area (Å²) in [4.78, 5) is 0. The summed E-state index contributed by atoms with van der Waals surface area (Å²) in [5.74, 6) is 2.50. The Morgan fingerprint density at radius 2 is 2.23 bits per heavy atom. The van der Waals surface area contributed by atoms with E-state index in [1.54, 1.807) is 13.0 Å². The number of anilines is 1. The third-order valence-corrected chi connectivity index (χ3v) is 2.39. The number of halogens is 2. The smallest absolute Gasteiger partial charge is 0.127 e. The predicted molar refractivity (Wildman–Crippen MR) is 64.0 cm³/mol. The minimum Gasteiger partial charge on any atom is -0.398 e. The molecule has 0 aliphatic carbocycles. The molecule has 0 aliphatic rings.